The predicted molar refractivity (Wildman–Crippen MR) is 80.6 cm³/mol. The molecule has 0 spiro atoms. The van der Waals surface area contributed by atoms with Crippen molar-refractivity contribution in [3.8, 4) is 11.5 Å². The number of benzene rings is 1. The highest BCUT2D eigenvalue weighted by atomic mass is 35.5. The van der Waals surface area contributed by atoms with E-state index in [0.29, 0.717) is 17.1 Å². The van der Waals surface area contributed by atoms with Crippen LogP contribution in [-0.2, 0) is 0 Å². The molecule has 3 aromatic rings. The summed E-state index contributed by atoms with van der Waals surface area (Å²) < 4.78 is 7.14. The van der Waals surface area contributed by atoms with Gasteiger partial charge in [-0.25, -0.2) is 9.31 Å². The van der Waals surface area contributed by atoms with Gasteiger partial charge in [-0.3, -0.25) is 5.32 Å². The predicted octanol–water partition coefficient (Wildman–Crippen LogP) is 2.85. The van der Waals surface area contributed by atoms with Crippen LogP contribution < -0.4 is 15.8 Å². The zero-order valence-corrected chi connectivity index (χ0v) is 11.8. The van der Waals surface area contributed by atoms with Crippen molar-refractivity contribution in [3.05, 3.63) is 41.6 Å². The van der Waals surface area contributed by atoms with Crippen molar-refractivity contribution in [2.45, 2.75) is 0 Å². The van der Waals surface area contributed by atoms with Crippen molar-refractivity contribution in [2.75, 3.05) is 11.1 Å². The molecule has 1 aromatic carbocycles. The zero-order chi connectivity index (χ0) is 15.7. The average Bonchev–Trinajstić information content (AvgIpc) is 2.81. The van der Waals surface area contributed by atoms with Crippen LogP contribution in [0.3, 0.4) is 0 Å². The molecule has 3 rings (SSSR count). The number of fused-ring (bicyclic) bond motifs is 1. The normalized spacial score (nSPS) is 10.6. The Balaban J connectivity index is 1.88. The average molecular weight is 320 g/mol. The Kier molecular flexibility index (Phi) is 3.43. The van der Waals surface area contributed by atoms with Crippen LogP contribution in [0.4, 0.5) is 16.4 Å². The number of ether oxygens (including phenoxy) is 1. The van der Waals surface area contributed by atoms with Crippen LogP contribution in [0.1, 0.15) is 0 Å². The van der Waals surface area contributed by atoms with Gasteiger partial charge in [0.25, 0.3) is 0 Å². The van der Waals surface area contributed by atoms with E-state index in [1.54, 1.807) is 24.4 Å². The van der Waals surface area contributed by atoms with E-state index in [-0.39, 0.29) is 16.7 Å². The summed E-state index contributed by atoms with van der Waals surface area (Å²) in [5.41, 5.74) is 6.34. The maximum absolute atomic E-state index is 10.7. The summed E-state index contributed by atoms with van der Waals surface area (Å²) in [6.07, 6.45) is 0.399. The van der Waals surface area contributed by atoms with Gasteiger partial charge in [0.2, 0.25) is 5.95 Å². The summed E-state index contributed by atoms with van der Waals surface area (Å²) in [7, 11) is 0. The lowest BCUT2D eigenvalue weighted by Gasteiger charge is -2.09. The molecule has 0 saturated carbocycles. The molecule has 1 amide bonds. The lowest BCUT2D eigenvalue weighted by atomic mass is 10.3. The topological polar surface area (TPSA) is 115 Å². The summed E-state index contributed by atoms with van der Waals surface area (Å²) in [6, 6.07) is 8.03. The van der Waals surface area contributed by atoms with Crippen molar-refractivity contribution < 1.29 is 14.6 Å². The van der Waals surface area contributed by atoms with Crippen LogP contribution >= 0.6 is 11.6 Å². The molecule has 0 radical (unpaired) electrons. The maximum atomic E-state index is 10.7. The van der Waals surface area contributed by atoms with Gasteiger partial charge < -0.3 is 15.6 Å². The maximum Gasteiger partial charge on any atom is 0.409 e. The van der Waals surface area contributed by atoms with E-state index in [1.165, 1.54) is 16.6 Å². The summed E-state index contributed by atoms with van der Waals surface area (Å²) in [5, 5.41) is 15.2. The first kappa shape index (κ1) is 14.0. The number of halogens is 1. The quantitative estimate of drug-likeness (QED) is 0.683. The second-order valence-corrected chi connectivity index (χ2v) is 4.72. The van der Waals surface area contributed by atoms with E-state index < -0.39 is 6.09 Å². The highest BCUT2D eigenvalue weighted by Gasteiger charge is 2.08. The Labute approximate surface area is 129 Å². The van der Waals surface area contributed by atoms with Crippen LogP contribution in [0.25, 0.3) is 5.65 Å². The first-order valence-corrected chi connectivity index (χ1v) is 6.48. The third-order valence-electron chi connectivity index (χ3n) is 2.74. The van der Waals surface area contributed by atoms with E-state index >= 15 is 0 Å². The minimum Gasteiger partial charge on any atom is -0.465 e. The second kappa shape index (κ2) is 5.41. The lowest BCUT2D eigenvalue weighted by molar-refractivity contribution is 0.210. The van der Waals surface area contributed by atoms with Crippen LogP contribution in [0.5, 0.6) is 11.5 Å². The summed E-state index contributed by atoms with van der Waals surface area (Å²) in [5.74, 6) is 1.07. The number of nitrogen functional groups attached to an aromatic ring is 1. The number of hydrogen-bond donors (Lipinski definition) is 3. The standard InChI is InChI=1S/C13H10ClN5O3/c14-9-3-1-7(5-10(9)16-13(20)21)22-8-2-4-11-17-12(15)18-19(11)6-8/h1-6,16H,(H2,15,18)(H,20,21). The van der Waals surface area contributed by atoms with Gasteiger partial charge in [0.15, 0.2) is 5.65 Å². The Morgan fingerprint density at radius 3 is 2.86 bits per heavy atom. The van der Waals surface area contributed by atoms with E-state index in [0.717, 1.165) is 0 Å². The molecule has 0 aliphatic rings. The molecule has 112 valence electrons. The largest absolute Gasteiger partial charge is 0.465 e. The Morgan fingerprint density at radius 2 is 2.09 bits per heavy atom. The minimum absolute atomic E-state index is 0.164. The molecule has 0 unspecified atom stereocenters. The van der Waals surface area contributed by atoms with E-state index in [9.17, 15) is 4.79 Å². The van der Waals surface area contributed by atoms with Gasteiger partial charge in [0, 0.05) is 6.07 Å². The van der Waals surface area contributed by atoms with Crippen LogP contribution in [0.2, 0.25) is 5.02 Å². The molecular weight excluding hydrogens is 310 g/mol. The summed E-state index contributed by atoms with van der Waals surface area (Å²) >= 11 is 5.91. The van der Waals surface area contributed by atoms with Crippen LogP contribution in [0, 0.1) is 0 Å². The fraction of sp³-hybridized carbons (Fsp3) is 0. The number of carboxylic acid groups (broad SMARTS) is 1. The molecule has 0 bridgehead atoms. The van der Waals surface area contributed by atoms with Crippen molar-refractivity contribution in [1.82, 2.24) is 14.6 Å². The molecule has 2 heterocycles. The highest BCUT2D eigenvalue weighted by Crippen LogP contribution is 2.29. The number of nitrogens with one attached hydrogen (secondary N) is 1. The molecule has 0 aliphatic heterocycles. The third-order valence-corrected chi connectivity index (χ3v) is 3.06. The number of amides is 1. The van der Waals surface area contributed by atoms with Gasteiger partial charge in [-0.1, -0.05) is 11.6 Å². The van der Waals surface area contributed by atoms with E-state index in [2.05, 4.69) is 15.4 Å². The van der Waals surface area contributed by atoms with E-state index in [4.69, 9.17) is 27.2 Å². The van der Waals surface area contributed by atoms with Gasteiger partial charge in [0.1, 0.15) is 11.5 Å². The number of hydrogen-bond acceptors (Lipinski definition) is 5. The minimum atomic E-state index is -1.21. The molecule has 9 heteroatoms. The molecular formula is C13H10ClN5O3. The molecule has 0 atom stereocenters. The Hall–Kier alpha value is -3.00. The van der Waals surface area contributed by atoms with Crippen molar-refractivity contribution in [3.63, 3.8) is 0 Å². The van der Waals surface area contributed by atoms with E-state index in [1.807, 2.05) is 0 Å². The van der Waals surface area contributed by atoms with Crippen molar-refractivity contribution >= 4 is 35.0 Å². The molecule has 22 heavy (non-hydrogen) atoms. The van der Waals surface area contributed by atoms with Gasteiger partial charge in [-0.2, -0.15) is 4.98 Å². The van der Waals surface area contributed by atoms with Crippen LogP contribution in [-0.4, -0.2) is 25.8 Å². The van der Waals surface area contributed by atoms with Gasteiger partial charge >= 0.3 is 6.09 Å². The van der Waals surface area contributed by atoms with Crippen molar-refractivity contribution in [2.24, 2.45) is 0 Å². The first-order chi connectivity index (χ1) is 10.5. The fourth-order valence-corrected chi connectivity index (χ4v) is 2.02. The molecule has 2 aromatic heterocycles. The fourth-order valence-electron chi connectivity index (χ4n) is 1.86. The SMILES string of the molecule is Nc1nc2ccc(Oc3ccc(Cl)c(NC(=O)O)c3)cn2n1. The number of carbonyl (C=O) groups is 1. The zero-order valence-electron chi connectivity index (χ0n) is 11.0. The summed E-state index contributed by atoms with van der Waals surface area (Å²) in [4.78, 5) is 14.7. The smallest absolute Gasteiger partial charge is 0.409 e. The monoisotopic (exact) mass is 319 g/mol. The molecule has 0 aliphatic carbocycles. The number of aromatic nitrogens is 3. The lowest BCUT2D eigenvalue weighted by Crippen LogP contribution is -2.07. The van der Waals surface area contributed by atoms with Gasteiger partial charge in [-0.05, 0) is 24.3 Å². The number of rotatable bonds is 3. The summed E-state index contributed by atoms with van der Waals surface area (Å²) in [6.45, 7) is 0. The molecule has 0 fully saturated rings. The first-order valence-electron chi connectivity index (χ1n) is 6.10. The van der Waals surface area contributed by atoms with Crippen LogP contribution in [0.15, 0.2) is 36.5 Å². The number of nitrogens with two attached hydrogens (primary N) is 1. The van der Waals surface area contributed by atoms with Crippen molar-refractivity contribution in [1.29, 1.82) is 0 Å². The van der Waals surface area contributed by atoms with Gasteiger partial charge in [0.05, 0.1) is 16.9 Å². The number of anilines is 2. The molecule has 8 nitrogen and oxygen atoms in total. The molecule has 4 N–H and O–H groups in total. The highest BCUT2D eigenvalue weighted by molar-refractivity contribution is 6.33. The Bertz CT molecular complexity index is 864. The second-order valence-electron chi connectivity index (χ2n) is 4.31. The number of nitrogens with zero attached hydrogens (tertiary/aromatic N) is 3. The Morgan fingerprint density at radius 1 is 1.32 bits per heavy atom. The third kappa shape index (κ3) is 2.86. The number of pyridine rings is 1. The molecule has 0 saturated heterocycles. The van der Waals surface area contributed by atoms with Gasteiger partial charge in [-0.15, -0.1) is 5.10 Å².